The molecule has 0 aromatic carbocycles. The Morgan fingerprint density at radius 1 is 1.42 bits per heavy atom. The molecule has 19 heavy (non-hydrogen) atoms. The first-order valence-corrected chi connectivity index (χ1v) is 6.14. The van der Waals surface area contributed by atoms with Gasteiger partial charge in [-0.3, -0.25) is 14.3 Å². The number of carbonyl (C=O) groups is 1. The molecule has 0 unspecified atom stereocenters. The predicted molar refractivity (Wildman–Crippen MR) is 65.0 cm³/mol. The second kappa shape index (κ2) is 5.03. The highest BCUT2D eigenvalue weighted by Gasteiger charge is 2.44. The van der Waals surface area contributed by atoms with Crippen LogP contribution in [-0.4, -0.2) is 44.0 Å². The summed E-state index contributed by atoms with van der Waals surface area (Å²) in [6.07, 6.45) is -5.44. The molecule has 2 rings (SSSR count). The number of halogens is 1. The Kier molecular flexibility index (Phi) is 3.75. The number of carbonyl (C=O) groups excluding carboxylic acids is 1. The van der Waals surface area contributed by atoms with Crippen molar-refractivity contribution in [3.63, 3.8) is 0 Å². The minimum atomic E-state index is -1.75. The minimum absolute atomic E-state index is 0.138. The molecule has 1 aliphatic heterocycles. The highest BCUT2D eigenvalue weighted by molar-refractivity contribution is 14.1. The maximum Gasteiger partial charge on any atom is 0.330 e. The Balaban J connectivity index is 2.44. The van der Waals surface area contributed by atoms with Crippen molar-refractivity contribution in [1.82, 2.24) is 9.55 Å². The van der Waals surface area contributed by atoms with Crippen molar-refractivity contribution in [3.8, 4) is 0 Å². The molecular formula is C9H8IN2O7-. The van der Waals surface area contributed by atoms with Gasteiger partial charge in [0.2, 0.25) is 0 Å². The number of H-pyrrole nitrogens is 1. The Morgan fingerprint density at radius 3 is 2.58 bits per heavy atom. The summed E-state index contributed by atoms with van der Waals surface area (Å²) in [6, 6.07) is 0. The summed E-state index contributed by atoms with van der Waals surface area (Å²) >= 11 is 1.65. The summed E-state index contributed by atoms with van der Waals surface area (Å²) in [5.74, 6) is -1.71. The monoisotopic (exact) mass is 383 g/mol. The first kappa shape index (κ1) is 14.2. The second-order valence-electron chi connectivity index (χ2n) is 3.89. The van der Waals surface area contributed by atoms with Crippen LogP contribution in [0.15, 0.2) is 15.8 Å². The summed E-state index contributed by atoms with van der Waals surface area (Å²) in [6.45, 7) is 0. The average Bonchev–Trinajstić information content (AvgIpc) is 2.62. The van der Waals surface area contributed by atoms with Gasteiger partial charge < -0.3 is 24.9 Å². The van der Waals surface area contributed by atoms with Crippen molar-refractivity contribution in [2.24, 2.45) is 0 Å². The quantitative estimate of drug-likeness (QED) is 0.450. The van der Waals surface area contributed by atoms with E-state index in [0.29, 0.717) is 0 Å². The molecule has 1 fully saturated rings. The summed E-state index contributed by atoms with van der Waals surface area (Å²) < 4.78 is 5.83. The van der Waals surface area contributed by atoms with E-state index >= 15 is 0 Å². The maximum absolute atomic E-state index is 11.6. The van der Waals surface area contributed by atoms with Crippen molar-refractivity contribution in [3.05, 3.63) is 30.6 Å². The topological polar surface area (TPSA) is 145 Å². The number of aromatic nitrogens is 2. The zero-order valence-electron chi connectivity index (χ0n) is 9.15. The third-order valence-electron chi connectivity index (χ3n) is 2.67. The lowest BCUT2D eigenvalue weighted by Crippen LogP contribution is -2.43. The van der Waals surface area contributed by atoms with Crippen molar-refractivity contribution in [2.75, 3.05) is 0 Å². The van der Waals surface area contributed by atoms with Gasteiger partial charge >= 0.3 is 5.69 Å². The van der Waals surface area contributed by atoms with Crippen LogP contribution in [-0.2, 0) is 9.53 Å². The molecule has 1 aromatic rings. The fourth-order valence-corrected chi connectivity index (χ4v) is 2.17. The smallest absolute Gasteiger partial charge is 0.330 e. The second-order valence-corrected chi connectivity index (χ2v) is 5.05. The fraction of sp³-hybridized carbons (Fsp3) is 0.444. The molecule has 4 atom stereocenters. The average molecular weight is 383 g/mol. The van der Waals surface area contributed by atoms with Crippen LogP contribution < -0.4 is 16.4 Å². The lowest BCUT2D eigenvalue weighted by molar-refractivity contribution is -0.319. The molecule has 1 aliphatic rings. The highest BCUT2D eigenvalue weighted by Crippen LogP contribution is 2.28. The lowest BCUT2D eigenvalue weighted by Gasteiger charge is -2.17. The Hall–Kier alpha value is -1.24. The van der Waals surface area contributed by atoms with E-state index in [2.05, 4.69) is 0 Å². The molecule has 0 bridgehead atoms. The molecule has 0 aliphatic carbocycles. The van der Waals surface area contributed by atoms with Gasteiger partial charge in [0.25, 0.3) is 5.56 Å². The number of aliphatic carboxylic acids is 1. The van der Waals surface area contributed by atoms with Crippen molar-refractivity contribution >= 4 is 28.6 Å². The minimum Gasteiger partial charge on any atom is -0.547 e. The van der Waals surface area contributed by atoms with Crippen molar-refractivity contribution < 1.29 is 24.9 Å². The van der Waals surface area contributed by atoms with E-state index in [-0.39, 0.29) is 3.57 Å². The van der Waals surface area contributed by atoms with Gasteiger partial charge in [-0.2, -0.15) is 0 Å². The van der Waals surface area contributed by atoms with E-state index < -0.39 is 41.8 Å². The number of carboxylic acids is 1. The number of carboxylic acid groups (broad SMARTS) is 1. The number of aliphatic hydroxyl groups excluding tert-OH is 2. The zero-order chi connectivity index (χ0) is 14.3. The van der Waals surface area contributed by atoms with E-state index in [4.69, 9.17) is 4.74 Å². The van der Waals surface area contributed by atoms with Gasteiger partial charge in [-0.05, 0) is 22.6 Å². The van der Waals surface area contributed by atoms with Gasteiger partial charge in [0.15, 0.2) is 6.23 Å². The van der Waals surface area contributed by atoms with Crippen molar-refractivity contribution in [1.29, 1.82) is 0 Å². The molecule has 0 radical (unpaired) electrons. The number of hydrogen-bond donors (Lipinski definition) is 3. The Labute approximate surface area is 118 Å². The van der Waals surface area contributed by atoms with Crippen LogP contribution in [0.4, 0.5) is 0 Å². The zero-order valence-corrected chi connectivity index (χ0v) is 11.3. The van der Waals surface area contributed by atoms with Crippen LogP contribution in [0.5, 0.6) is 0 Å². The summed E-state index contributed by atoms with van der Waals surface area (Å²) in [5, 5.41) is 29.9. The van der Waals surface area contributed by atoms with Crippen LogP contribution in [0.3, 0.4) is 0 Å². The highest BCUT2D eigenvalue weighted by atomic mass is 127. The molecule has 9 nitrogen and oxygen atoms in total. The predicted octanol–water partition coefficient (Wildman–Crippen LogP) is -3.49. The van der Waals surface area contributed by atoms with E-state index in [1.54, 1.807) is 22.6 Å². The first-order valence-electron chi connectivity index (χ1n) is 5.06. The number of nitrogens with zero attached hydrogens (tertiary/aromatic N) is 1. The number of hydrogen-bond acceptors (Lipinski definition) is 7. The Bertz CT molecular complexity index is 624. The lowest BCUT2D eigenvalue weighted by atomic mass is 10.1. The molecule has 0 amide bonds. The molecule has 1 aromatic heterocycles. The van der Waals surface area contributed by atoms with Gasteiger partial charge in [0.1, 0.15) is 18.3 Å². The molecule has 104 valence electrons. The largest absolute Gasteiger partial charge is 0.547 e. The van der Waals surface area contributed by atoms with E-state index in [0.717, 1.165) is 10.8 Å². The van der Waals surface area contributed by atoms with E-state index in [9.17, 15) is 29.7 Å². The normalized spacial score (nSPS) is 30.5. The van der Waals surface area contributed by atoms with Crippen LogP contribution in [0, 0.1) is 3.57 Å². The van der Waals surface area contributed by atoms with Gasteiger partial charge in [-0.1, -0.05) is 0 Å². The van der Waals surface area contributed by atoms with Crippen molar-refractivity contribution in [2.45, 2.75) is 24.5 Å². The molecule has 2 heterocycles. The third kappa shape index (κ3) is 2.43. The molecule has 3 N–H and O–H groups in total. The molecule has 0 saturated carbocycles. The standard InChI is InChI=1S/C9H9IN2O7/c10-2-1-12(9(18)11-6(2)15)7-4(14)3(13)5(19-7)8(16)17/h1,3-5,7,13-14H,(H,16,17)(H,11,15,18)/p-1/t3-,4+,5-,7+/m0/s1. The number of aromatic amines is 1. The molecule has 10 heteroatoms. The van der Waals surface area contributed by atoms with Gasteiger partial charge in [-0.15, -0.1) is 0 Å². The summed E-state index contributed by atoms with van der Waals surface area (Å²) in [5.41, 5.74) is -1.51. The fourth-order valence-electron chi connectivity index (χ4n) is 1.73. The molecular weight excluding hydrogens is 375 g/mol. The summed E-state index contributed by atoms with van der Waals surface area (Å²) in [7, 11) is 0. The first-order chi connectivity index (χ1) is 8.82. The van der Waals surface area contributed by atoms with Gasteiger partial charge in [-0.25, -0.2) is 4.79 Å². The molecule has 0 spiro atoms. The van der Waals surface area contributed by atoms with Crippen LogP contribution in [0.25, 0.3) is 0 Å². The Morgan fingerprint density at radius 2 is 2.05 bits per heavy atom. The van der Waals surface area contributed by atoms with Gasteiger partial charge in [0, 0.05) is 6.20 Å². The van der Waals surface area contributed by atoms with Crippen LogP contribution >= 0.6 is 22.6 Å². The third-order valence-corrected chi connectivity index (χ3v) is 3.44. The van der Waals surface area contributed by atoms with Crippen LogP contribution in [0.2, 0.25) is 0 Å². The number of nitrogens with one attached hydrogen (secondary N) is 1. The van der Waals surface area contributed by atoms with E-state index in [1.165, 1.54) is 0 Å². The SMILES string of the molecule is O=C([O-])[C@H]1O[C@@H](n2cc(I)c(=O)[nH]c2=O)[C@H](O)[C@@H]1O. The number of aliphatic hydroxyl groups is 2. The number of rotatable bonds is 2. The van der Waals surface area contributed by atoms with E-state index in [1.807, 2.05) is 4.98 Å². The maximum atomic E-state index is 11.6. The van der Waals surface area contributed by atoms with Crippen LogP contribution in [0.1, 0.15) is 6.23 Å². The summed E-state index contributed by atoms with van der Waals surface area (Å²) in [4.78, 5) is 35.4. The van der Waals surface area contributed by atoms with Gasteiger partial charge in [0.05, 0.1) is 9.54 Å². The molecule has 1 saturated heterocycles. The number of ether oxygens (including phenoxy) is 1.